The highest BCUT2D eigenvalue weighted by molar-refractivity contribution is 6.01. The molecular formula is C29H36N6O2. The average Bonchev–Trinajstić information content (AvgIpc) is 3.46. The van der Waals surface area contributed by atoms with Crippen LogP contribution in [0.4, 0.5) is 0 Å². The molecule has 0 saturated heterocycles. The molecule has 4 bridgehead atoms. The molecule has 3 N–H and O–H groups in total. The number of nitrogens with one attached hydrogen (secondary N) is 2. The van der Waals surface area contributed by atoms with Crippen LogP contribution in [-0.2, 0) is 11.2 Å². The van der Waals surface area contributed by atoms with E-state index in [2.05, 4.69) is 25.9 Å². The predicted molar refractivity (Wildman–Crippen MR) is 139 cm³/mol. The summed E-state index contributed by atoms with van der Waals surface area (Å²) in [6.45, 7) is 0.657. The third kappa shape index (κ3) is 4.03. The third-order valence-electron chi connectivity index (χ3n) is 10.00. The standard InChI is InChI=1S/C29H36N6O2/c30-7-5-18-1-3-21(4-2-18)35-24(34-23-15-32-27-22(26(23)35)6-8-31-27)10-25(36)33-17-28-11-19-9-20(12-28)14-29(37,13-19)16-28/h6,8,15,18-21,37H,1-5,9-14,16-17H2,(H,31,32)(H,33,36)/t18-,19-,20+,21-,28?,29?. The largest absolute Gasteiger partial charge is 0.390 e. The minimum absolute atomic E-state index is 0.00993. The number of carbonyl (C=O) groups excluding carboxylic acids is 1. The topological polar surface area (TPSA) is 120 Å². The zero-order valence-corrected chi connectivity index (χ0v) is 21.4. The van der Waals surface area contributed by atoms with Crippen LogP contribution in [0.2, 0.25) is 0 Å². The summed E-state index contributed by atoms with van der Waals surface area (Å²) in [6.07, 6.45) is 14.9. The number of nitrogens with zero attached hydrogens (tertiary/aromatic N) is 4. The SMILES string of the molecule is N#CC[C@H]1CC[C@H](n2c(CC(=O)NCC34C[C@@H]5C[C@@H](CC(O)(C5)C3)C4)nc3cnc4[nH]ccc4c32)CC1. The van der Waals surface area contributed by atoms with Crippen LogP contribution in [0, 0.1) is 34.5 Å². The van der Waals surface area contributed by atoms with Crippen molar-refractivity contribution in [2.75, 3.05) is 6.54 Å². The Morgan fingerprint density at radius 2 is 2.00 bits per heavy atom. The molecule has 3 aromatic heterocycles. The van der Waals surface area contributed by atoms with Crippen LogP contribution < -0.4 is 5.32 Å². The molecule has 5 saturated carbocycles. The quantitative estimate of drug-likeness (QED) is 0.459. The van der Waals surface area contributed by atoms with E-state index in [0.717, 1.165) is 85.7 Å². The highest BCUT2D eigenvalue weighted by atomic mass is 16.3. The van der Waals surface area contributed by atoms with Gasteiger partial charge in [0.15, 0.2) is 0 Å². The van der Waals surface area contributed by atoms with E-state index in [1.807, 2.05) is 18.5 Å². The fraction of sp³-hybridized carbons (Fsp3) is 0.655. The van der Waals surface area contributed by atoms with Gasteiger partial charge in [-0.3, -0.25) is 4.79 Å². The molecule has 0 aromatic carbocycles. The molecule has 5 fully saturated rings. The first-order valence-corrected chi connectivity index (χ1v) is 14.1. The first-order valence-electron chi connectivity index (χ1n) is 14.1. The zero-order valence-electron chi connectivity index (χ0n) is 21.4. The fourth-order valence-electron chi connectivity index (χ4n) is 9.00. The number of H-pyrrole nitrogens is 1. The first kappa shape index (κ1) is 23.2. The molecule has 0 aliphatic heterocycles. The fourth-order valence-corrected chi connectivity index (χ4v) is 9.00. The zero-order chi connectivity index (χ0) is 25.2. The van der Waals surface area contributed by atoms with Gasteiger partial charge in [0.25, 0.3) is 0 Å². The summed E-state index contributed by atoms with van der Waals surface area (Å²) in [5.41, 5.74) is 2.26. The molecular weight excluding hydrogens is 464 g/mol. The number of carbonyl (C=O) groups is 1. The van der Waals surface area contributed by atoms with Crippen molar-refractivity contribution in [2.24, 2.45) is 23.2 Å². The summed E-state index contributed by atoms with van der Waals surface area (Å²) in [4.78, 5) is 26.1. The maximum atomic E-state index is 13.4. The molecule has 8 heteroatoms. The van der Waals surface area contributed by atoms with E-state index < -0.39 is 5.60 Å². The summed E-state index contributed by atoms with van der Waals surface area (Å²) in [5.74, 6) is 2.50. The van der Waals surface area contributed by atoms with Crippen LogP contribution in [0.25, 0.3) is 22.1 Å². The Balaban J connectivity index is 1.14. The van der Waals surface area contributed by atoms with Crippen LogP contribution in [0.5, 0.6) is 0 Å². The monoisotopic (exact) mass is 500 g/mol. The highest BCUT2D eigenvalue weighted by Crippen LogP contribution is 2.61. The number of aliphatic hydroxyl groups is 1. The van der Waals surface area contributed by atoms with E-state index >= 15 is 0 Å². The molecule has 0 spiro atoms. The Hall–Kier alpha value is -2.92. The van der Waals surface area contributed by atoms with Gasteiger partial charge in [-0.05, 0) is 93.4 Å². The van der Waals surface area contributed by atoms with E-state index in [9.17, 15) is 9.90 Å². The van der Waals surface area contributed by atoms with Crippen LogP contribution in [-0.4, -0.2) is 42.7 Å². The van der Waals surface area contributed by atoms with Crippen LogP contribution in [0.3, 0.4) is 0 Å². The Labute approximate surface area is 216 Å². The van der Waals surface area contributed by atoms with Crippen molar-refractivity contribution in [1.82, 2.24) is 24.8 Å². The molecule has 1 amide bonds. The second kappa shape index (κ2) is 8.56. The lowest BCUT2D eigenvalue weighted by atomic mass is 9.48. The molecule has 3 heterocycles. The van der Waals surface area contributed by atoms with Crippen molar-refractivity contribution < 1.29 is 9.90 Å². The number of fused-ring (bicyclic) bond motifs is 3. The number of pyridine rings is 1. The van der Waals surface area contributed by atoms with Crippen molar-refractivity contribution in [3.8, 4) is 6.07 Å². The summed E-state index contributed by atoms with van der Waals surface area (Å²) >= 11 is 0. The molecule has 2 unspecified atom stereocenters. The average molecular weight is 501 g/mol. The van der Waals surface area contributed by atoms with Crippen molar-refractivity contribution in [3.63, 3.8) is 0 Å². The van der Waals surface area contributed by atoms with Crippen molar-refractivity contribution in [2.45, 2.75) is 88.7 Å². The summed E-state index contributed by atoms with van der Waals surface area (Å²) in [5, 5.41) is 24.6. The van der Waals surface area contributed by atoms with Gasteiger partial charge >= 0.3 is 0 Å². The van der Waals surface area contributed by atoms with Crippen LogP contribution >= 0.6 is 0 Å². The van der Waals surface area contributed by atoms with Gasteiger partial charge in [0, 0.05) is 30.6 Å². The van der Waals surface area contributed by atoms with Crippen molar-refractivity contribution in [3.05, 3.63) is 24.3 Å². The van der Waals surface area contributed by atoms with Gasteiger partial charge in [-0.2, -0.15) is 5.26 Å². The number of amides is 1. The van der Waals surface area contributed by atoms with Gasteiger partial charge in [0.2, 0.25) is 5.91 Å². The summed E-state index contributed by atoms with van der Waals surface area (Å²) in [6, 6.07) is 4.65. The molecule has 5 aliphatic carbocycles. The number of imidazole rings is 1. The smallest absolute Gasteiger partial charge is 0.227 e. The lowest BCUT2D eigenvalue weighted by molar-refractivity contribution is -0.163. The van der Waals surface area contributed by atoms with E-state index in [1.165, 1.54) is 6.42 Å². The van der Waals surface area contributed by atoms with Crippen molar-refractivity contribution >= 4 is 28.0 Å². The van der Waals surface area contributed by atoms with Crippen LogP contribution in [0.15, 0.2) is 18.5 Å². The number of aromatic amines is 1. The van der Waals surface area contributed by atoms with Gasteiger partial charge < -0.3 is 20.0 Å². The maximum absolute atomic E-state index is 13.4. The molecule has 8 rings (SSSR count). The lowest BCUT2D eigenvalue weighted by Crippen LogP contribution is -2.58. The van der Waals surface area contributed by atoms with E-state index in [0.29, 0.717) is 30.7 Å². The first-order chi connectivity index (χ1) is 17.9. The van der Waals surface area contributed by atoms with E-state index in [4.69, 9.17) is 10.2 Å². The minimum Gasteiger partial charge on any atom is -0.390 e. The Bertz CT molecular complexity index is 1380. The minimum atomic E-state index is -0.512. The Kier molecular flexibility index (Phi) is 5.37. The molecule has 4 atom stereocenters. The third-order valence-corrected chi connectivity index (χ3v) is 10.00. The van der Waals surface area contributed by atoms with E-state index in [1.54, 1.807) is 0 Å². The van der Waals surface area contributed by atoms with E-state index in [-0.39, 0.29) is 23.8 Å². The van der Waals surface area contributed by atoms with Crippen molar-refractivity contribution in [1.29, 1.82) is 5.26 Å². The van der Waals surface area contributed by atoms with Gasteiger partial charge in [0.05, 0.1) is 29.8 Å². The van der Waals surface area contributed by atoms with Gasteiger partial charge in [-0.15, -0.1) is 0 Å². The number of rotatable bonds is 6. The molecule has 0 radical (unpaired) electrons. The Morgan fingerprint density at radius 1 is 1.22 bits per heavy atom. The predicted octanol–water partition coefficient (Wildman–Crippen LogP) is 4.55. The number of aromatic nitrogens is 4. The molecule has 5 aliphatic rings. The number of nitriles is 1. The van der Waals surface area contributed by atoms with Crippen LogP contribution in [0.1, 0.15) is 82.5 Å². The molecule has 3 aromatic rings. The maximum Gasteiger partial charge on any atom is 0.227 e. The lowest BCUT2D eigenvalue weighted by Gasteiger charge is -2.60. The molecule has 194 valence electrons. The molecule has 8 nitrogen and oxygen atoms in total. The second-order valence-electron chi connectivity index (χ2n) is 12.8. The van der Waals surface area contributed by atoms with Gasteiger partial charge in [-0.1, -0.05) is 0 Å². The highest BCUT2D eigenvalue weighted by Gasteiger charge is 2.57. The Morgan fingerprint density at radius 3 is 2.73 bits per heavy atom. The second-order valence-corrected chi connectivity index (χ2v) is 12.8. The van der Waals surface area contributed by atoms with Gasteiger partial charge in [-0.25, -0.2) is 9.97 Å². The number of hydrogen-bond donors (Lipinski definition) is 3. The normalized spacial score (nSPS) is 34.7. The van der Waals surface area contributed by atoms with Gasteiger partial charge in [0.1, 0.15) is 17.0 Å². The summed E-state index contributed by atoms with van der Waals surface area (Å²) in [7, 11) is 0. The summed E-state index contributed by atoms with van der Waals surface area (Å²) < 4.78 is 2.31. The molecule has 37 heavy (non-hydrogen) atoms. The number of hydrogen-bond acceptors (Lipinski definition) is 5.